The summed E-state index contributed by atoms with van der Waals surface area (Å²) in [6.45, 7) is 0.663. The van der Waals surface area contributed by atoms with Crippen LogP contribution in [0.3, 0.4) is 0 Å². The summed E-state index contributed by atoms with van der Waals surface area (Å²) in [7, 11) is 1.69. The molecule has 5 heteroatoms. The molecular weight excluding hydrogens is 324 g/mol. The Hall–Kier alpha value is -2.66. The number of aromatic nitrogens is 3. The zero-order valence-electron chi connectivity index (χ0n) is 15.1. The molecule has 134 valence electrons. The molecule has 0 fully saturated rings. The standard InChI is InChI=1S/C21H24N4O/c1-26-17-10-8-15(9-11-17)13-18-21-16(14-22)5-4-6-19(21)25(24-18)20-7-2-3-12-23-20/h2-3,7-12,16H,4-6,13-14,22H2,1H3. The molecule has 2 heterocycles. The highest BCUT2D eigenvalue weighted by Crippen LogP contribution is 2.35. The molecule has 0 amide bonds. The number of hydrogen-bond donors (Lipinski definition) is 1. The molecule has 1 aliphatic rings. The second-order valence-corrected chi connectivity index (χ2v) is 6.76. The maximum Gasteiger partial charge on any atom is 0.153 e. The topological polar surface area (TPSA) is 66.0 Å². The number of hydrogen-bond acceptors (Lipinski definition) is 4. The van der Waals surface area contributed by atoms with E-state index in [-0.39, 0.29) is 0 Å². The van der Waals surface area contributed by atoms with Crippen molar-refractivity contribution in [3.8, 4) is 11.6 Å². The van der Waals surface area contributed by atoms with Crippen molar-refractivity contribution >= 4 is 0 Å². The fraction of sp³-hybridized carbons (Fsp3) is 0.333. The minimum atomic E-state index is 0.379. The molecule has 0 aliphatic heterocycles. The zero-order chi connectivity index (χ0) is 17.9. The van der Waals surface area contributed by atoms with Crippen LogP contribution in [0.4, 0.5) is 0 Å². The molecule has 0 saturated heterocycles. The summed E-state index contributed by atoms with van der Waals surface area (Å²) >= 11 is 0. The van der Waals surface area contributed by atoms with E-state index in [0.717, 1.165) is 42.9 Å². The number of nitrogens with zero attached hydrogens (tertiary/aromatic N) is 3. The van der Waals surface area contributed by atoms with Crippen LogP contribution in [0.5, 0.6) is 5.75 Å². The van der Waals surface area contributed by atoms with E-state index in [2.05, 4.69) is 17.1 Å². The van der Waals surface area contributed by atoms with Crippen LogP contribution in [-0.2, 0) is 12.8 Å². The highest BCUT2D eigenvalue weighted by atomic mass is 16.5. The molecule has 2 N–H and O–H groups in total. The van der Waals surface area contributed by atoms with Crippen molar-refractivity contribution in [2.45, 2.75) is 31.6 Å². The number of pyridine rings is 1. The lowest BCUT2D eigenvalue weighted by Crippen LogP contribution is -2.19. The molecule has 1 aliphatic carbocycles. The number of nitrogens with two attached hydrogens (primary N) is 1. The van der Waals surface area contributed by atoms with E-state index in [1.165, 1.54) is 16.8 Å². The predicted octanol–water partition coefficient (Wildman–Crippen LogP) is 3.25. The molecule has 26 heavy (non-hydrogen) atoms. The van der Waals surface area contributed by atoms with Crippen molar-refractivity contribution in [3.05, 3.63) is 71.2 Å². The molecule has 1 unspecified atom stereocenters. The van der Waals surface area contributed by atoms with Crippen molar-refractivity contribution in [2.75, 3.05) is 13.7 Å². The summed E-state index contributed by atoms with van der Waals surface area (Å²) in [6, 6.07) is 14.1. The SMILES string of the molecule is COc1ccc(Cc2nn(-c3ccccn3)c3c2C(CN)CCC3)cc1. The number of fused-ring (bicyclic) bond motifs is 1. The van der Waals surface area contributed by atoms with Gasteiger partial charge in [0.05, 0.1) is 12.8 Å². The van der Waals surface area contributed by atoms with Gasteiger partial charge in [0.2, 0.25) is 0 Å². The molecule has 3 aromatic rings. The average Bonchev–Trinajstić information content (AvgIpc) is 3.08. The molecule has 0 spiro atoms. The fourth-order valence-electron chi connectivity index (χ4n) is 3.86. The summed E-state index contributed by atoms with van der Waals surface area (Å²) < 4.78 is 7.29. The Morgan fingerprint density at radius 2 is 2.04 bits per heavy atom. The van der Waals surface area contributed by atoms with Gasteiger partial charge in [-0.25, -0.2) is 9.67 Å². The van der Waals surface area contributed by atoms with E-state index in [1.807, 2.05) is 41.2 Å². The Kier molecular flexibility index (Phi) is 4.71. The van der Waals surface area contributed by atoms with Gasteiger partial charge in [-0.1, -0.05) is 18.2 Å². The molecule has 5 nitrogen and oxygen atoms in total. The average molecular weight is 348 g/mol. The predicted molar refractivity (Wildman–Crippen MR) is 102 cm³/mol. The van der Waals surface area contributed by atoms with Crippen LogP contribution >= 0.6 is 0 Å². The lowest BCUT2D eigenvalue weighted by atomic mass is 9.84. The third-order valence-electron chi connectivity index (χ3n) is 5.15. The maximum atomic E-state index is 6.10. The summed E-state index contributed by atoms with van der Waals surface area (Å²) in [6.07, 6.45) is 5.92. The summed E-state index contributed by atoms with van der Waals surface area (Å²) in [5.41, 5.74) is 11.0. The Bertz CT molecular complexity index is 871. The van der Waals surface area contributed by atoms with Gasteiger partial charge < -0.3 is 10.5 Å². The molecule has 0 bridgehead atoms. The van der Waals surface area contributed by atoms with Crippen molar-refractivity contribution in [2.24, 2.45) is 5.73 Å². The van der Waals surface area contributed by atoms with Gasteiger partial charge in [-0.3, -0.25) is 0 Å². The number of ether oxygens (including phenoxy) is 1. The van der Waals surface area contributed by atoms with Gasteiger partial charge in [-0.2, -0.15) is 5.10 Å². The van der Waals surface area contributed by atoms with E-state index in [0.29, 0.717) is 12.5 Å². The Balaban J connectivity index is 1.76. The largest absolute Gasteiger partial charge is 0.497 e. The van der Waals surface area contributed by atoms with Gasteiger partial charge >= 0.3 is 0 Å². The first-order valence-corrected chi connectivity index (χ1v) is 9.15. The third-order valence-corrected chi connectivity index (χ3v) is 5.15. The summed E-state index contributed by atoms with van der Waals surface area (Å²) in [4.78, 5) is 4.50. The minimum Gasteiger partial charge on any atom is -0.497 e. The monoisotopic (exact) mass is 348 g/mol. The third kappa shape index (κ3) is 3.10. The number of benzene rings is 1. The minimum absolute atomic E-state index is 0.379. The van der Waals surface area contributed by atoms with Gasteiger partial charge in [0, 0.05) is 23.9 Å². The molecule has 2 aromatic heterocycles. The second kappa shape index (κ2) is 7.30. The highest BCUT2D eigenvalue weighted by molar-refractivity contribution is 5.41. The molecular formula is C21H24N4O. The van der Waals surface area contributed by atoms with Crippen molar-refractivity contribution < 1.29 is 4.74 Å². The summed E-state index contributed by atoms with van der Waals surface area (Å²) in [5.74, 6) is 2.13. The van der Waals surface area contributed by atoms with E-state index < -0.39 is 0 Å². The Morgan fingerprint density at radius 3 is 2.73 bits per heavy atom. The zero-order valence-corrected chi connectivity index (χ0v) is 15.1. The van der Waals surface area contributed by atoms with Crippen LogP contribution < -0.4 is 10.5 Å². The summed E-state index contributed by atoms with van der Waals surface area (Å²) in [5, 5.41) is 4.97. The smallest absolute Gasteiger partial charge is 0.153 e. The van der Waals surface area contributed by atoms with Crippen LogP contribution in [0.15, 0.2) is 48.7 Å². The Morgan fingerprint density at radius 1 is 1.19 bits per heavy atom. The quantitative estimate of drug-likeness (QED) is 0.769. The van der Waals surface area contributed by atoms with Crippen LogP contribution in [0.25, 0.3) is 5.82 Å². The fourth-order valence-corrected chi connectivity index (χ4v) is 3.86. The Labute approximate surface area is 153 Å². The lowest BCUT2D eigenvalue weighted by molar-refractivity contribution is 0.414. The molecule has 4 rings (SSSR count). The van der Waals surface area contributed by atoms with Crippen molar-refractivity contribution in [1.82, 2.24) is 14.8 Å². The van der Waals surface area contributed by atoms with Gasteiger partial charge in [-0.15, -0.1) is 0 Å². The highest BCUT2D eigenvalue weighted by Gasteiger charge is 2.28. The molecule has 1 atom stereocenters. The number of methoxy groups -OCH3 is 1. The normalized spacial score (nSPS) is 16.3. The van der Waals surface area contributed by atoms with Gasteiger partial charge in [-0.05, 0) is 61.6 Å². The van der Waals surface area contributed by atoms with Crippen LogP contribution in [0, 0.1) is 0 Å². The molecule has 0 radical (unpaired) electrons. The lowest BCUT2D eigenvalue weighted by Gasteiger charge is -2.22. The first-order chi connectivity index (χ1) is 12.8. The number of rotatable bonds is 5. The van der Waals surface area contributed by atoms with Crippen molar-refractivity contribution in [3.63, 3.8) is 0 Å². The maximum absolute atomic E-state index is 6.10. The molecule has 0 saturated carbocycles. The van der Waals surface area contributed by atoms with E-state index >= 15 is 0 Å². The van der Waals surface area contributed by atoms with E-state index in [4.69, 9.17) is 15.6 Å². The second-order valence-electron chi connectivity index (χ2n) is 6.76. The van der Waals surface area contributed by atoms with Gasteiger partial charge in [0.1, 0.15) is 5.75 Å². The van der Waals surface area contributed by atoms with Crippen LogP contribution in [0.1, 0.15) is 41.3 Å². The van der Waals surface area contributed by atoms with Gasteiger partial charge in [0.15, 0.2) is 5.82 Å². The van der Waals surface area contributed by atoms with Crippen LogP contribution in [-0.4, -0.2) is 28.4 Å². The van der Waals surface area contributed by atoms with Gasteiger partial charge in [0.25, 0.3) is 0 Å². The van der Waals surface area contributed by atoms with E-state index in [9.17, 15) is 0 Å². The van der Waals surface area contributed by atoms with Crippen LogP contribution in [0.2, 0.25) is 0 Å². The van der Waals surface area contributed by atoms with E-state index in [1.54, 1.807) is 7.11 Å². The van der Waals surface area contributed by atoms with Crippen molar-refractivity contribution in [1.29, 1.82) is 0 Å². The first kappa shape index (κ1) is 16.8. The molecule has 1 aromatic carbocycles. The first-order valence-electron chi connectivity index (χ1n) is 9.15.